The van der Waals surface area contributed by atoms with Crippen LogP contribution in [0.2, 0.25) is 5.02 Å². The lowest BCUT2D eigenvalue weighted by atomic mass is 9.94. The molecular weight excluding hydrogens is 405 g/mol. The molecule has 0 aliphatic heterocycles. The monoisotopic (exact) mass is 417 g/mol. The lowest BCUT2D eigenvalue weighted by Crippen LogP contribution is -2.30. The van der Waals surface area contributed by atoms with Crippen molar-refractivity contribution in [1.29, 1.82) is 0 Å². The van der Waals surface area contributed by atoms with Gasteiger partial charge in [-0.25, -0.2) is 0 Å². The van der Waals surface area contributed by atoms with Gasteiger partial charge in [-0.1, -0.05) is 11.6 Å². The van der Waals surface area contributed by atoms with Crippen LogP contribution in [0.25, 0.3) is 0 Å². The standard InChI is InChI=1S/C15H13ClINOS/c16-11-8-9(4-5-12(11)17)15(19)18-13-2-1-3-14-10(13)6-7-20-14/h4-8,13H,1-3H2,(H,18,19). The van der Waals surface area contributed by atoms with Crippen LogP contribution in [0.15, 0.2) is 29.6 Å². The Hall–Kier alpha value is -0.590. The Morgan fingerprint density at radius 3 is 3.05 bits per heavy atom. The maximum absolute atomic E-state index is 12.3. The van der Waals surface area contributed by atoms with E-state index < -0.39 is 0 Å². The molecule has 0 saturated carbocycles. The Labute approximate surface area is 140 Å². The molecule has 104 valence electrons. The van der Waals surface area contributed by atoms with Gasteiger partial charge < -0.3 is 5.32 Å². The number of nitrogens with one attached hydrogen (secondary N) is 1. The van der Waals surface area contributed by atoms with Crippen LogP contribution in [0, 0.1) is 3.57 Å². The zero-order valence-corrected chi connectivity index (χ0v) is 14.4. The highest BCUT2D eigenvalue weighted by atomic mass is 127. The Balaban J connectivity index is 1.79. The van der Waals surface area contributed by atoms with Crippen molar-refractivity contribution < 1.29 is 4.79 Å². The summed E-state index contributed by atoms with van der Waals surface area (Å²) in [4.78, 5) is 13.7. The molecule has 5 heteroatoms. The van der Waals surface area contributed by atoms with E-state index in [0.29, 0.717) is 10.6 Å². The zero-order valence-electron chi connectivity index (χ0n) is 10.7. The fraction of sp³-hybridized carbons (Fsp3) is 0.267. The number of amides is 1. The largest absolute Gasteiger partial charge is 0.345 e. The molecular formula is C15H13ClINOS. The molecule has 3 rings (SSSR count). The number of halogens is 2. The van der Waals surface area contributed by atoms with Crippen molar-refractivity contribution >= 4 is 51.4 Å². The number of aryl methyl sites for hydroxylation is 1. The first-order valence-corrected chi connectivity index (χ1v) is 8.81. The van der Waals surface area contributed by atoms with Crippen LogP contribution in [0.4, 0.5) is 0 Å². The number of hydrogen-bond donors (Lipinski definition) is 1. The molecule has 2 nitrogen and oxygen atoms in total. The molecule has 1 aliphatic carbocycles. The van der Waals surface area contributed by atoms with Crippen LogP contribution in [0.3, 0.4) is 0 Å². The SMILES string of the molecule is O=C(NC1CCCc2sccc21)c1ccc(I)c(Cl)c1. The molecule has 0 fully saturated rings. The molecule has 1 heterocycles. The van der Waals surface area contributed by atoms with Crippen molar-refractivity contribution in [1.82, 2.24) is 5.32 Å². The molecule has 1 aromatic heterocycles. The van der Waals surface area contributed by atoms with E-state index in [9.17, 15) is 4.79 Å². The summed E-state index contributed by atoms with van der Waals surface area (Å²) in [7, 11) is 0. The lowest BCUT2D eigenvalue weighted by molar-refractivity contribution is 0.0933. The summed E-state index contributed by atoms with van der Waals surface area (Å²) in [6, 6.07) is 7.69. The van der Waals surface area contributed by atoms with E-state index in [1.54, 1.807) is 17.4 Å². The molecule has 1 aliphatic rings. The quantitative estimate of drug-likeness (QED) is 0.698. The number of rotatable bonds is 2. The second-order valence-corrected chi connectivity index (χ2v) is 7.42. The van der Waals surface area contributed by atoms with E-state index in [-0.39, 0.29) is 11.9 Å². The number of hydrogen-bond acceptors (Lipinski definition) is 2. The summed E-state index contributed by atoms with van der Waals surface area (Å²) in [6.45, 7) is 0. The third kappa shape index (κ3) is 2.87. The van der Waals surface area contributed by atoms with Crippen molar-refractivity contribution in [2.24, 2.45) is 0 Å². The molecule has 0 spiro atoms. The molecule has 2 aromatic rings. The van der Waals surface area contributed by atoms with Crippen molar-refractivity contribution in [3.8, 4) is 0 Å². The highest BCUT2D eigenvalue weighted by Gasteiger charge is 2.23. The number of carbonyl (C=O) groups is 1. The van der Waals surface area contributed by atoms with E-state index >= 15 is 0 Å². The van der Waals surface area contributed by atoms with Gasteiger partial charge in [0.05, 0.1) is 11.1 Å². The smallest absolute Gasteiger partial charge is 0.251 e. The highest BCUT2D eigenvalue weighted by Crippen LogP contribution is 2.33. The Morgan fingerprint density at radius 2 is 2.25 bits per heavy atom. The van der Waals surface area contributed by atoms with Gasteiger partial charge in [-0.05, 0) is 77.1 Å². The third-order valence-electron chi connectivity index (χ3n) is 3.54. The highest BCUT2D eigenvalue weighted by molar-refractivity contribution is 14.1. The van der Waals surface area contributed by atoms with Gasteiger partial charge in [0.1, 0.15) is 0 Å². The molecule has 0 bridgehead atoms. The molecule has 20 heavy (non-hydrogen) atoms. The fourth-order valence-electron chi connectivity index (χ4n) is 2.52. The van der Waals surface area contributed by atoms with Crippen molar-refractivity contribution in [3.63, 3.8) is 0 Å². The number of fused-ring (bicyclic) bond motifs is 1. The van der Waals surface area contributed by atoms with Crippen LogP contribution in [-0.4, -0.2) is 5.91 Å². The van der Waals surface area contributed by atoms with Gasteiger partial charge in [-0.2, -0.15) is 0 Å². The summed E-state index contributed by atoms with van der Waals surface area (Å²) >= 11 is 10.0. The normalized spacial score (nSPS) is 17.6. The van der Waals surface area contributed by atoms with Crippen molar-refractivity contribution in [3.05, 3.63) is 54.2 Å². The van der Waals surface area contributed by atoms with E-state index in [4.69, 9.17) is 11.6 Å². The average Bonchev–Trinajstić information content (AvgIpc) is 2.91. The first kappa shape index (κ1) is 14.4. The Kier molecular flexibility index (Phi) is 4.33. The maximum atomic E-state index is 12.3. The Morgan fingerprint density at radius 1 is 1.40 bits per heavy atom. The zero-order chi connectivity index (χ0) is 14.1. The predicted molar refractivity (Wildman–Crippen MR) is 91.6 cm³/mol. The molecule has 0 radical (unpaired) electrons. The third-order valence-corrected chi connectivity index (χ3v) is 6.11. The first-order chi connectivity index (χ1) is 9.65. The summed E-state index contributed by atoms with van der Waals surface area (Å²) < 4.78 is 0.957. The second kappa shape index (κ2) is 6.03. The summed E-state index contributed by atoms with van der Waals surface area (Å²) in [5.74, 6) is -0.0487. The van der Waals surface area contributed by atoms with Gasteiger partial charge in [0.2, 0.25) is 0 Å². The minimum Gasteiger partial charge on any atom is -0.345 e. The number of carbonyl (C=O) groups excluding carboxylic acids is 1. The van der Waals surface area contributed by atoms with Crippen LogP contribution >= 0.6 is 45.5 Å². The second-order valence-electron chi connectivity index (χ2n) is 4.85. The lowest BCUT2D eigenvalue weighted by Gasteiger charge is -2.23. The summed E-state index contributed by atoms with van der Waals surface area (Å²) in [6.07, 6.45) is 3.27. The van der Waals surface area contributed by atoms with Gasteiger partial charge in [-0.15, -0.1) is 11.3 Å². The van der Waals surface area contributed by atoms with Gasteiger partial charge >= 0.3 is 0 Å². The van der Waals surface area contributed by atoms with Gasteiger partial charge in [0, 0.05) is 14.0 Å². The van der Waals surface area contributed by atoms with E-state index in [2.05, 4.69) is 39.4 Å². The molecule has 1 atom stereocenters. The van der Waals surface area contributed by atoms with E-state index in [0.717, 1.165) is 22.8 Å². The maximum Gasteiger partial charge on any atom is 0.251 e. The first-order valence-electron chi connectivity index (χ1n) is 6.47. The molecule has 1 aromatic carbocycles. The minimum absolute atomic E-state index is 0.0487. The topological polar surface area (TPSA) is 29.1 Å². The van der Waals surface area contributed by atoms with Gasteiger partial charge in [-0.3, -0.25) is 4.79 Å². The molecule has 1 amide bonds. The van der Waals surface area contributed by atoms with Crippen molar-refractivity contribution in [2.45, 2.75) is 25.3 Å². The number of thiophene rings is 1. The van der Waals surface area contributed by atoms with Crippen LogP contribution in [-0.2, 0) is 6.42 Å². The van der Waals surface area contributed by atoms with Crippen molar-refractivity contribution in [2.75, 3.05) is 0 Å². The summed E-state index contributed by atoms with van der Waals surface area (Å²) in [5.41, 5.74) is 1.91. The van der Waals surface area contributed by atoms with Crippen LogP contribution in [0.1, 0.15) is 39.7 Å². The Bertz CT molecular complexity index is 655. The van der Waals surface area contributed by atoms with Gasteiger partial charge in [0.25, 0.3) is 5.91 Å². The fourth-order valence-corrected chi connectivity index (χ4v) is 4.02. The molecule has 1 unspecified atom stereocenters. The minimum atomic E-state index is -0.0487. The van der Waals surface area contributed by atoms with Gasteiger partial charge in [0.15, 0.2) is 0 Å². The van der Waals surface area contributed by atoms with E-state index in [1.165, 1.54) is 10.4 Å². The molecule has 1 N–H and O–H groups in total. The van der Waals surface area contributed by atoms with Crippen LogP contribution < -0.4 is 5.32 Å². The van der Waals surface area contributed by atoms with Crippen LogP contribution in [0.5, 0.6) is 0 Å². The average molecular weight is 418 g/mol. The molecule has 0 saturated heterocycles. The predicted octanol–water partition coefficient (Wildman–Crippen LogP) is 4.81. The summed E-state index contributed by atoms with van der Waals surface area (Å²) in [5, 5.41) is 5.86. The van der Waals surface area contributed by atoms with E-state index in [1.807, 2.05) is 12.1 Å². The number of benzene rings is 1.